The molecule has 40 heavy (non-hydrogen) atoms. The molecule has 2 N–H and O–H groups in total. The van der Waals surface area contributed by atoms with Crippen LogP contribution in [0.3, 0.4) is 0 Å². The van der Waals surface area contributed by atoms with Gasteiger partial charge < -0.3 is 19.8 Å². The quantitative estimate of drug-likeness (QED) is 0.350. The van der Waals surface area contributed by atoms with Crippen LogP contribution in [0.2, 0.25) is 0 Å². The molecule has 2 saturated carbocycles. The van der Waals surface area contributed by atoms with Crippen molar-refractivity contribution in [1.29, 1.82) is 0 Å². The molecule has 210 valence electrons. The van der Waals surface area contributed by atoms with Crippen LogP contribution in [0.4, 0.5) is 32.0 Å². The number of benzene rings is 2. The van der Waals surface area contributed by atoms with Crippen LogP contribution >= 0.6 is 0 Å². The number of hydrogen-bond donors (Lipinski definition) is 2. The fourth-order valence-corrected chi connectivity index (χ4v) is 5.69. The van der Waals surface area contributed by atoms with Gasteiger partial charge in [0, 0.05) is 29.3 Å². The predicted molar refractivity (Wildman–Crippen MR) is 131 cm³/mol. The zero-order valence-corrected chi connectivity index (χ0v) is 20.8. The van der Waals surface area contributed by atoms with Gasteiger partial charge in [-0.2, -0.15) is 13.2 Å². The van der Waals surface area contributed by atoms with Gasteiger partial charge in [0.15, 0.2) is 11.6 Å². The van der Waals surface area contributed by atoms with E-state index >= 15 is 0 Å². The average molecular weight is 564 g/mol. The number of carbonyl (C=O) groups is 2. The molecule has 12 heteroatoms. The van der Waals surface area contributed by atoms with E-state index in [-0.39, 0.29) is 28.8 Å². The van der Waals surface area contributed by atoms with Crippen LogP contribution in [0.15, 0.2) is 58.9 Å². The molecule has 2 aromatic carbocycles. The molecule has 2 aliphatic carbocycles. The molecule has 1 unspecified atom stereocenters. The SMILES string of the molecule is COc1cc(F)c(F)cc1C(=O)N[C@@H]1[C@@H]2CCC(/C2=C/c2ccoc2)[C@@H]1C(=O)Nc1ccc(F)c(C(F)(F)F)c1. The maximum absolute atomic E-state index is 14.0. The van der Waals surface area contributed by atoms with Gasteiger partial charge in [-0.05, 0) is 49.1 Å². The molecule has 2 aliphatic rings. The molecule has 2 fully saturated rings. The summed E-state index contributed by atoms with van der Waals surface area (Å²) in [5.41, 5.74) is -0.548. The van der Waals surface area contributed by atoms with Gasteiger partial charge in [0.1, 0.15) is 11.6 Å². The lowest BCUT2D eigenvalue weighted by Gasteiger charge is -2.30. The van der Waals surface area contributed by atoms with Crippen molar-refractivity contribution in [1.82, 2.24) is 5.32 Å². The van der Waals surface area contributed by atoms with Gasteiger partial charge >= 0.3 is 6.18 Å². The highest BCUT2D eigenvalue weighted by atomic mass is 19.4. The Hall–Kier alpha value is -4.22. The average Bonchev–Trinajstić information content (AvgIpc) is 3.62. The van der Waals surface area contributed by atoms with E-state index < -0.39 is 53.0 Å². The molecule has 2 amide bonds. The van der Waals surface area contributed by atoms with Gasteiger partial charge in [-0.3, -0.25) is 9.59 Å². The molecule has 0 spiro atoms. The number of nitrogens with one attached hydrogen (secondary N) is 2. The van der Waals surface area contributed by atoms with Gasteiger partial charge in [0.25, 0.3) is 5.91 Å². The topological polar surface area (TPSA) is 80.6 Å². The summed E-state index contributed by atoms with van der Waals surface area (Å²) in [5, 5.41) is 5.18. The van der Waals surface area contributed by atoms with Gasteiger partial charge in [-0.25, -0.2) is 13.2 Å². The Bertz CT molecular complexity index is 1480. The molecular formula is C28H22F6N2O4. The maximum atomic E-state index is 14.0. The van der Waals surface area contributed by atoms with Crippen LogP contribution in [0, 0.1) is 35.2 Å². The van der Waals surface area contributed by atoms with Crippen molar-refractivity contribution in [2.24, 2.45) is 17.8 Å². The Balaban J connectivity index is 1.48. The third-order valence-electron chi connectivity index (χ3n) is 7.40. The number of halogens is 6. The van der Waals surface area contributed by atoms with Crippen LogP contribution < -0.4 is 15.4 Å². The summed E-state index contributed by atoms with van der Waals surface area (Å²) in [6, 6.07) is 4.40. The second-order valence-corrected chi connectivity index (χ2v) is 9.66. The summed E-state index contributed by atoms with van der Waals surface area (Å²) in [6.45, 7) is 0. The van der Waals surface area contributed by atoms with Gasteiger partial charge in [-0.1, -0.05) is 11.6 Å². The fraction of sp³-hybridized carbons (Fsp3) is 0.286. The van der Waals surface area contributed by atoms with Crippen molar-refractivity contribution in [2.45, 2.75) is 25.1 Å². The highest BCUT2D eigenvalue weighted by molar-refractivity contribution is 5.99. The molecule has 1 heterocycles. The molecule has 0 saturated heterocycles. The van der Waals surface area contributed by atoms with Crippen LogP contribution in [0.25, 0.3) is 6.08 Å². The van der Waals surface area contributed by atoms with Gasteiger partial charge in [0.2, 0.25) is 5.91 Å². The molecule has 3 aromatic rings. The molecule has 6 nitrogen and oxygen atoms in total. The van der Waals surface area contributed by atoms with Crippen molar-refractivity contribution in [2.75, 3.05) is 12.4 Å². The number of anilines is 1. The minimum atomic E-state index is -4.97. The number of methoxy groups -OCH3 is 1. The molecule has 1 aromatic heterocycles. The molecule has 0 radical (unpaired) electrons. The number of ether oxygens (including phenoxy) is 1. The second kappa shape index (κ2) is 10.4. The van der Waals surface area contributed by atoms with E-state index in [1.807, 2.05) is 6.08 Å². The largest absolute Gasteiger partial charge is 0.496 e. The first-order valence-corrected chi connectivity index (χ1v) is 12.2. The van der Waals surface area contributed by atoms with E-state index in [1.165, 1.54) is 19.6 Å². The Morgan fingerprint density at radius 3 is 2.40 bits per heavy atom. The van der Waals surface area contributed by atoms with Crippen molar-refractivity contribution in [3.63, 3.8) is 0 Å². The summed E-state index contributed by atoms with van der Waals surface area (Å²) in [7, 11) is 1.18. The summed E-state index contributed by atoms with van der Waals surface area (Å²) in [4.78, 5) is 26.8. The number of furan rings is 1. The molecule has 0 aliphatic heterocycles. The number of amides is 2. The van der Waals surface area contributed by atoms with Crippen molar-refractivity contribution in [3.05, 3.63) is 88.6 Å². The fourth-order valence-electron chi connectivity index (χ4n) is 5.69. The monoisotopic (exact) mass is 564 g/mol. The van der Waals surface area contributed by atoms with Crippen molar-refractivity contribution < 1.29 is 45.1 Å². The van der Waals surface area contributed by atoms with Crippen LogP contribution in [0.5, 0.6) is 5.75 Å². The lowest BCUT2D eigenvalue weighted by atomic mass is 9.83. The summed E-state index contributed by atoms with van der Waals surface area (Å²) in [5.74, 6) is -7.37. The summed E-state index contributed by atoms with van der Waals surface area (Å²) in [6.07, 6.45) is 0.969. The molecule has 2 bridgehead atoms. The van der Waals surface area contributed by atoms with Crippen molar-refractivity contribution in [3.8, 4) is 5.75 Å². The highest BCUT2D eigenvalue weighted by Gasteiger charge is 2.54. The second-order valence-electron chi connectivity index (χ2n) is 9.66. The summed E-state index contributed by atoms with van der Waals surface area (Å²) < 4.78 is 91.3. The Morgan fingerprint density at radius 1 is 1.00 bits per heavy atom. The minimum absolute atomic E-state index is 0.222. The van der Waals surface area contributed by atoms with E-state index in [0.717, 1.165) is 17.7 Å². The first kappa shape index (κ1) is 27.4. The van der Waals surface area contributed by atoms with Gasteiger partial charge in [-0.15, -0.1) is 0 Å². The Labute approximate surface area is 224 Å². The van der Waals surface area contributed by atoms with E-state index in [0.29, 0.717) is 36.6 Å². The number of fused-ring (bicyclic) bond motifs is 2. The van der Waals surface area contributed by atoms with Crippen molar-refractivity contribution >= 4 is 23.6 Å². The minimum Gasteiger partial charge on any atom is -0.496 e. The van der Waals surface area contributed by atoms with Gasteiger partial charge in [0.05, 0.1) is 36.7 Å². The van der Waals surface area contributed by atoms with E-state index in [1.54, 1.807) is 6.07 Å². The maximum Gasteiger partial charge on any atom is 0.419 e. The number of rotatable bonds is 6. The lowest BCUT2D eigenvalue weighted by Crippen LogP contribution is -2.48. The summed E-state index contributed by atoms with van der Waals surface area (Å²) >= 11 is 0. The zero-order chi connectivity index (χ0) is 28.8. The van der Waals surface area contributed by atoms with Crippen LogP contribution in [-0.4, -0.2) is 25.0 Å². The molecule has 5 rings (SSSR count). The Morgan fingerprint density at radius 2 is 1.73 bits per heavy atom. The predicted octanol–water partition coefficient (Wildman–Crippen LogP) is 6.20. The lowest BCUT2D eigenvalue weighted by molar-refractivity contribution is -0.140. The van der Waals surface area contributed by atoms with E-state index in [4.69, 9.17) is 9.15 Å². The first-order valence-electron chi connectivity index (χ1n) is 12.2. The normalized spacial score (nSPS) is 22.9. The molecular weight excluding hydrogens is 542 g/mol. The third kappa shape index (κ3) is 5.05. The van der Waals surface area contributed by atoms with E-state index in [9.17, 15) is 35.9 Å². The molecule has 4 atom stereocenters. The number of hydrogen-bond acceptors (Lipinski definition) is 4. The zero-order valence-electron chi connectivity index (χ0n) is 20.8. The first-order chi connectivity index (χ1) is 19.0. The Kier molecular flexibility index (Phi) is 7.11. The third-order valence-corrected chi connectivity index (χ3v) is 7.40. The highest BCUT2D eigenvalue weighted by Crippen LogP contribution is 2.53. The van der Waals surface area contributed by atoms with E-state index in [2.05, 4.69) is 10.6 Å². The standard InChI is InChI=1S/C28H22F6N2O4/c1-39-23-11-22(31)21(30)10-18(23)26(37)36-25-16-4-3-15(17(16)8-13-6-7-40-12-13)24(25)27(38)35-14-2-5-20(29)19(9-14)28(32,33)34/h2,5-12,15-16,24-25H,3-4H2,1H3,(H,35,38)(H,36,37)/b17-8-/t15?,16-,24+,25-/m1/s1. The van der Waals surface area contributed by atoms with Crippen LogP contribution in [-0.2, 0) is 11.0 Å². The number of carbonyl (C=O) groups excluding carboxylic acids is 2. The number of alkyl halides is 3. The smallest absolute Gasteiger partial charge is 0.419 e. The van der Waals surface area contributed by atoms with Crippen LogP contribution in [0.1, 0.15) is 34.3 Å².